The Morgan fingerprint density at radius 2 is 2.04 bits per heavy atom. The molecule has 0 radical (unpaired) electrons. The fourth-order valence-corrected chi connectivity index (χ4v) is 3.20. The number of hydrogen-bond donors (Lipinski definition) is 1. The Hall–Kier alpha value is -2.75. The fraction of sp³-hybridized carbons (Fsp3) is 0.500. The summed E-state index contributed by atoms with van der Waals surface area (Å²) >= 11 is 0. The van der Waals surface area contributed by atoms with Gasteiger partial charge in [0.2, 0.25) is 5.95 Å². The molecular formula is C18H22F2N6O2. The van der Waals surface area contributed by atoms with Crippen molar-refractivity contribution in [3.05, 3.63) is 18.3 Å². The summed E-state index contributed by atoms with van der Waals surface area (Å²) in [5.74, 6) is 1.13. The van der Waals surface area contributed by atoms with Gasteiger partial charge in [0.15, 0.2) is 11.6 Å². The molecule has 1 atom stereocenters. The van der Waals surface area contributed by atoms with Crippen LogP contribution in [0, 0.1) is 0 Å². The molecule has 2 aromatic rings. The number of ether oxygens (including phenoxy) is 2. The highest BCUT2D eigenvalue weighted by Gasteiger charge is 2.24. The number of alkyl halides is 2. The van der Waals surface area contributed by atoms with Crippen molar-refractivity contribution in [3.63, 3.8) is 0 Å². The van der Waals surface area contributed by atoms with Gasteiger partial charge in [-0.3, -0.25) is 0 Å². The topological polar surface area (TPSA) is 89.6 Å². The quantitative estimate of drug-likeness (QED) is 0.828. The lowest BCUT2D eigenvalue weighted by molar-refractivity contribution is -0.0494. The van der Waals surface area contributed by atoms with Crippen LogP contribution in [0.2, 0.25) is 0 Å². The Balaban J connectivity index is 1.72. The van der Waals surface area contributed by atoms with E-state index in [1.807, 2.05) is 13.0 Å². The number of nitrogens with two attached hydrogens (primary N) is 1. The lowest BCUT2D eigenvalue weighted by atomic mass is 10.1. The van der Waals surface area contributed by atoms with Crippen molar-refractivity contribution in [2.24, 2.45) is 0 Å². The van der Waals surface area contributed by atoms with Gasteiger partial charge in [-0.05, 0) is 19.4 Å². The highest BCUT2D eigenvalue weighted by atomic mass is 19.3. The van der Waals surface area contributed by atoms with Crippen LogP contribution in [-0.4, -0.2) is 60.5 Å². The molecular weight excluding hydrogens is 370 g/mol. The maximum atomic E-state index is 12.6. The molecule has 0 unspecified atom stereocenters. The fourth-order valence-electron chi connectivity index (χ4n) is 3.20. The standard InChI is InChI=1S/C18H22F2N6O2/c1-11-10-26(5-6-27-11)15-8-13(23-18(24-15)25-3-2-4-25)12-7-14(28-17(19)20)16(21)22-9-12/h7-9,11,17H,2-6,10H2,1H3,(H2,21,22)/t11-/m0/s1. The zero-order valence-electron chi connectivity index (χ0n) is 15.5. The van der Waals surface area contributed by atoms with Crippen LogP contribution in [0.1, 0.15) is 13.3 Å². The first kappa shape index (κ1) is 18.6. The second-order valence-corrected chi connectivity index (χ2v) is 6.87. The normalized spacial score (nSPS) is 19.6. The average molecular weight is 392 g/mol. The van der Waals surface area contributed by atoms with E-state index in [0.717, 1.165) is 38.4 Å². The Kier molecular flexibility index (Phi) is 5.12. The Bertz CT molecular complexity index is 849. The molecule has 150 valence electrons. The van der Waals surface area contributed by atoms with Crippen LogP contribution in [0.25, 0.3) is 11.3 Å². The van der Waals surface area contributed by atoms with Crippen LogP contribution < -0.4 is 20.3 Å². The van der Waals surface area contributed by atoms with Crippen molar-refractivity contribution in [2.45, 2.75) is 26.1 Å². The number of nitrogens with zero attached hydrogens (tertiary/aromatic N) is 5. The number of pyridine rings is 1. The van der Waals surface area contributed by atoms with Crippen molar-refractivity contribution in [2.75, 3.05) is 48.3 Å². The minimum atomic E-state index is -2.98. The monoisotopic (exact) mass is 392 g/mol. The molecule has 28 heavy (non-hydrogen) atoms. The minimum Gasteiger partial charge on any atom is -0.431 e. The third kappa shape index (κ3) is 3.91. The predicted octanol–water partition coefficient (Wildman–Crippen LogP) is 2.16. The summed E-state index contributed by atoms with van der Waals surface area (Å²) in [5.41, 5.74) is 6.77. The van der Waals surface area contributed by atoms with E-state index in [1.165, 1.54) is 12.3 Å². The average Bonchev–Trinajstić information content (AvgIpc) is 2.61. The first-order chi connectivity index (χ1) is 13.5. The molecule has 0 aromatic carbocycles. The number of halogens is 2. The number of nitrogen functional groups attached to an aromatic ring is 1. The van der Waals surface area contributed by atoms with Crippen LogP contribution >= 0.6 is 0 Å². The molecule has 0 amide bonds. The molecule has 2 aliphatic rings. The lowest BCUT2D eigenvalue weighted by Gasteiger charge is -2.35. The van der Waals surface area contributed by atoms with Crippen LogP contribution in [0.5, 0.6) is 5.75 Å². The van der Waals surface area contributed by atoms with E-state index in [0.29, 0.717) is 23.8 Å². The van der Waals surface area contributed by atoms with Gasteiger partial charge in [0.1, 0.15) is 5.82 Å². The van der Waals surface area contributed by atoms with Crippen molar-refractivity contribution in [1.29, 1.82) is 0 Å². The summed E-state index contributed by atoms with van der Waals surface area (Å²) in [6.45, 7) is 2.88. The number of rotatable bonds is 5. The van der Waals surface area contributed by atoms with Crippen molar-refractivity contribution in [3.8, 4) is 17.0 Å². The molecule has 0 saturated carbocycles. The summed E-state index contributed by atoms with van der Waals surface area (Å²) in [5, 5.41) is 0. The van der Waals surface area contributed by atoms with E-state index in [4.69, 9.17) is 15.5 Å². The van der Waals surface area contributed by atoms with Gasteiger partial charge in [-0.25, -0.2) is 9.97 Å². The van der Waals surface area contributed by atoms with Gasteiger partial charge < -0.3 is 25.0 Å². The SMILES string of the molecule is C[C@H]1CN(c2cc(-c3cnc(N)c(OC(F)F)c3)nc(N3CCC3)n2)CCO1. The van der Waals surface area contributed by atoms with Gasteiger partial charge >= 0.3 is 6.61 Å². The van der Waals surface area contributed by atoms with Crippen LogP contribution in [0.15, 0.2) is 18.3 Å². The molecule has 4 heterocycles. The highest BCUT2D eigenvalue weighted by molar-refractivity contribution is 5.68. The number of hydrogen-bond acceptors (Lipinski definition) is 8. The molecule has 0 spiro atoms. The van der Waals surface area contributed by atoms with Gasteiger partial charge in [-0.2, -0.15) is 13.8 Å². The zero-order chi connectivity index (χ0) is 19.7. The van der Waals surface area contributed by atoms with Gasteiger partial charge in [0, 0.05) is 44.0 Å². The predicted molar refractivity (Wildman–Crippen MR) is 101 cm³/mol. The Morgan fingerprint density at radius 1 is 1.21 bits per heavy atom. The van der Waals surface area contributed by atoms with Crippen LogP contribution in [0.3, 0.4) is 0 Å². The second-order valence-electron chi connectivity index (χ2n) is 6.87. The van der Waals surface area contributed by atoms with Crippen molar-refractivity contribution >= 4 is 17.6 Å². The Labute approximate surface area is 161 Å². The van der Waals surface area contributed by atoms with E-state index in [2.05, 4.69) is 24.5 Å². The van der Waals surface area contributed by atoms with E-state index < -0.39 is 6.61 Å². The molecule has 8 nitrogen and oxygen atoms in total. The highest BCUT2D eigenvalue weighted by Crippen LogP contribution is 2.31. The van der Waals surface area contributed by atoms with Crippen LogP contribution in [-0.2, 0) is 4.74 Å². The van der Waals surface area contributed by atoms with E-state index in [-0.39, 0.29) is 17.7 Å². The smallest absolute Gasteiger partial charge is 0.387 e. The lowest BCUT2D eigenvalue weighted by Crippen LogP contribution is -2.42. The second kappa shape index (κ2) is 7.70. The molecule has 0 aliphatic carbocycles. The minimum absolute atomic E-state index is 0.0942. The molecule has 2 saturated heterocycles. The molecule has 2 aliphatic heterocycles. The summed E-state index contributed by atoms with van der Waals surface area (Å²) in [6.07, 6.45) is 2.69. The number of morpholine rings is 1. The molecule has 0 bridgehead atoms. The van der Waals surface area contributed by atoms with Gasteiger partial charge in [0.25, 0.3) is 0 Å². The first-order valence-corrected chi connectivity index (χ1v) is 9.21. The van der Waals surface area contributed by atoms with Crippen molar-refractivity contribution in [1.82, 2.24) is 15.0 Å². The Morgan fingerprint density at radius 3 is 2.71 bits per heavy atom. The summed E-state index contributed by atoms with van der Waals surface area (Å²) in [4.78, 5) is 17.5. The third-order valence-electron chi connectivity index (χ3n) is 4.80. The zero-order valence-corrected chi connectivity index (χ0v) is 15.5. The molecule has 10 heteroatoms. The number of anilines is 3. The maximum absolute atomic E-state index is 12.6. The van der Waals surface area contributed by atoms with Gasteiger partial charge in [-0.1, -0.05) is 0 Å². The molecule has 2 N–H and O–H groups in total. The summed E-state index contributed by atoms with van der Waals surface area (Å²) < 4.78 is 35.4. The third-order valence-corrected chi connectivity index (χ3v) is 4.80. The molecule has 4 rings (SSSR count). The first-order valence-electron chi connectivity index (χ1n) is 9.21. The van der Waals surface area contributed by atoms with E-state index in [9.17, 15) is 8.78 Å². The number of aromatic nitrogens is 3. The van der Waals surface area contributed by atoms with E-state index in [1.54, 1.807) is 0 Å². The molecule has 2 aromatic heterocycles. The van der Waals surface area contributed by atoms with Crippen molar-refractivity contribution < 1.29 is 18.3 Å². The van der Waals surface area contributed by atoms with Gasteiger partial charge in [-0.15, -0.1) is 0 Å². The maximum Gasteiger partial charge on any atom is 0.387 e. The molecule has 2 fully saturated rings. The summed E-state index contributed by atoms with van der Waals surface area (Å²) in [7, 11) is 0. The van der Waals surface area contributed by atoms with Gasteiger partial charge in [0.05, 0.1) is 18.4 Å². The summed E-state index contributed by atoms with van der Waals surface area (Å²) in [6, 6.07) is 3.27. The van der Waals surface area contributed by atoms with E-state index >= 15 is 0 Å². The largest absolute Gasteiger partial charge is 0.431 e. The van der Waals surface area contributed by atoms with Crippen LogP contribution in [0.4, 0.5) is 26.4 Å².